The Morgan fingerprint density at radius 2 is 2.25 bits per heavy atom. The van der Waals surface area contributed by atoms with Crippen molar-refractivity contribution in [2.75, 3.05) is 6.61 Å². The van der Waals surface area contributed by atoms with Gasteiger partial charge < -0.3 is 14.4 Å². The van der Waals surface area contributed by atoms with Crippen molar-refractivity contribution in [3.63, 3.8) is 0 Å². The third kappa shape index (κ3) is 3.28. The first-order valence-corrected chi connectivity index (χ1v) is 7.05. The van der Waals surface area contributed by atoms with Gasteiger partial charge in [-0.05, 0) is 24.8 Å². The number of ether oxygens (including phenoxy) is 1. The molecule has 0 radical (unpaired) electrons. The Morgan fingerprint density at radius 3 is 2.80 bits per heavy atom. The Labute approximate surface area is 118 Å². The van der Waals surface area contributed by atoms with Crippen LogP contribution in [0.2, 0.25) is 0 Å². The van der Waals surface area contributed by atoms with Crippen molar-refractivity contribution in [2.24, 2.45) is 0 Å². The van der Waals surface area contributed by atoms with Crippen LogP contribution in [0.25, 0.3) is 0 Å². The molecule has 110 valence electrons. The second kappa shape index (κ2) is 6.22. The molecule has 1 atom stereocenters. The third-order valence-corrected chi connectivity index (χ3v) is 3.63. The number of nitrogens with zero attached hydrogens (tertiary/aromatic N) is 1. The lowest BCUT2D eigenvalue weighted by atomic mass is 10.1. The molecule has 1 aliphatic heterocycles. The first-order valence-electron chi connectivity index (χ1n) is 7.05. The molecule has 5 nitrogen and oxygen atoms in total. The molecule has 0 saturated carbocycles. The fraction of sp³-hybridized carbons (Fsp3) is 0.600. The Kier molecular flexibility index (Phi) is 4.60. The van der Waals surface area contributed by atoms with Gasteiger partial charge in [-0.15, -0.1) is 0 Å². The predicted molar refractivity (Wildman–Crippen MR) is 75.1 cm³/mol. The molecule has 1 aromatic heterocycles. The number of aliphatic carboxylic acids is 1. The van der Waals surface area contributed by atoms with E-state index in [1.165, 1.54) is 0 Å². The molecule has 0 aliphatic carbocycles. The van der Waals surface area contributed by atoms with E-state index in [2.05, 4.69) is 0 Å². The second-order valence-electron chi connectivity index (χ2n) is 5.56. The lowest BCUT2D eigenvalue weighted by molar-refractivity contribution is -0.136. The van der Waals surface area contributed by atoms with Gasteiger partial charge in [-0.2, -0.15) is 0 Å². The number of pyridine rings is 1. The average Bonchev–Trinajstić information content (AvgIpc) is 2.86. The lowest BCUT2D eigenvalue weighted by Crippen LogP contribution is -2.32. The Morgan fingerprint density at radius 1 is 1.50 bits per heavy atom. The van der Waals surface area contributed by atoms with E-state index in [0.717, 1.165) is 25.1 Å². The summed E-state index contributed by atoms with van der Waals surface area (Å²) in [7, 11) is 0. The predicted octanol–water partition coefficient (Wildman–Crippen LogP) is 1.78. The first-order chi connectivity index (χ1) is 9.49. The highest BCUT2D eigenvalue weighted by Crippen LogP contribution is 2.18. The molecule has 20 heavy (non-hydrogen) atoms. The summed E-state index contributed by atoms with van der Waals surface area (Å²) in [6.45, 7) is 5.31. The van der Waals surface area contributed by atoms with Crippen molar-refractivity contribution in [3.8, 4) is 0 Å². The Balaban J connectivity index is 2.37. The standard InChI is InChI=1S/C15H21NO4/c1-10(2)13-6-5-11(8-14(17)18)15(19)16(13)9-12-4-3-7-20-12/h5-6,10,12H,3-4,7-9H2,1-2H3,(H,17,18). The summed E-state index contributed by atoms with van der Waals surface area (Å²) in [4.78, 5) is 23.3. The minimum atomic E-state index is -0.983. The maximum Gasteiger partial charge on any atom is 0.308 e. The van der Waals surface area contributed by atoms with Gasteiger partial charge in [-0.3, -0.25) is 9.59 Å². The van der Waals surface area contributed by atoms with Crippen LogP contribution < -0.4 is 5.56 Å². The van der Waals surface area contributed by atoms with Gasteiger partial charge in [0.25, 0.3) is 5.56 Å². The number of rotatable bonds is 5. The summed E-state index contributed by atoms with van der Waals surface area (Å²) < 4.78 is 7.28. The van der Waals surface area contributed by atoms with Crippen molar-refractivity contribution in [2.45, 2.75) is 51.7 Å². The van der Waals surface area contributed by atoms with Crippen molar-refractivity contribution in [1.82, 2.24) is 4.57 Å². The highest BCUT2D eigenvalue weighted by atomic mass is 16.5. The fourth-order valence-electron chi connectivity index (χ4n) is 2.62. The average molecular weight is 279 g/mol. The van der Waals surface area contributed by atoms with Crippen LogP contribution in [-0.2, 0) is 22.5 Å². The first kappa shape index (κ1) is 14.8. The number of carboxylic acid groups (broad SMARTS) is 1. The molecule has 2 rings (SSSR count). The van der Waals surface area contributed by atoms with E-state index < -0.39 is 5.97 Å². The van der Waals surface area contributed by atoms with Gasteiger partial charge in [0.1, 0.15) is 0 Å². The van der Waals surface area contributed by atoms with E-state index in [-0.39, 0.29) is 24.0 Å². The molecule has 1 unspecified atom stereocenters. The molecule has 0 aromatic carbocycles. The molecule has 0 amide bonds. The van der Waals surface area contributed by atoms with Gasteiger partial charge in [0.15, 0.2) is 0 Å². The number of carbonyl (C=O) groups is 1. The summed E-state index contributed by atoms with van der Waals surface area (Å²) >= 11 is 0. The smallest absolute Gasteiger partial charge is 0.308 e. The highest BCUT2D eigenvalue weighted by molar-refractivity contribution is 5.69. The third-order valence-electron chi connectivity index (χ3n) is 3.63. The van der Waals surface area contributed by atoms with Crippen molar-refractivity contribution in [1.29, 1.82) is 0 Å². The summed E-state index contributed by atoms with van der Waals surface area (Å²) in [5.74, 6) is -0.772. The molecule has 0 spiro atoms. The molecule has 1 aliphatic rings. The summed E-state index contributed by atoms with van der Waals surface area (Å²) in [5, 5.41) is 8.87. The van der Waals surface area contributed by atoms with Gasteiger partial charge in [0.2, 0.25) is 0 Å². The number of aromatic nitrogens is 1. The fourth-order valence-corrected chi connectivity index (χ4v) is 2.62. The SMILES string of the molecule is CC(C)c1ccc(CC(=O)O)c(=O)n1CC1CCCO1. The molecule has 0 bridgehead atoms. The number of hydrogen-bond donors (Lipinski definition) is 1. The number of hydrogen-bond acceptors (Lipinski definition) is 3. The minimum Gasteiger partial charge on any atom is -0.481 e. The minimum absolute atomic E-state index is 0.0604. The van der Waals surface area contributed by atoms with E-state index in [0.29, 0.717) is 12.1 Å². The normalized spacial score (nSPS) is 18.6. The Bertz CT molecular complexity index is 541. The largest absolute Gasteiger partial charge is 0.481 e. The van der Waals surface area contributed by atoms with Gasteiger partial charge >= 0.3 is 5.97 Å². The quantitative estimate of drug-likeness (QED) is 0.892. The number of carboxylic acids is 1. The zero-order valence-electron chi connectivity index (χ0n) is 12.0. The van der Waals surface area contributed by atoms with Crippen LogP contribution in [0.15, 0.2) is 16.9 Å². The van der Waals surface area contributed by atoms with E-state index in [9.17, 15) is 9.59 Å². The van der Waals surface area contributed by atoms with Crippen molar-refractivity contribution < 1.29 is 14.6 Å². The van der Waals surface area contributed by atoms with Crippen molar-refractivity contribution >= 4 is 5.97 Å². The van der Waals surface area contributed by atoms with Gasteiger partial charge in [-0.1, -0.05) is 19.9 Å². The summed E-state index contributed by atoms with van der Waals surface area (Å²) in [6, 6.07) is 3.50. The zero-order chi connectivity index (χ0) is 14.7. The van der Waals surface area contributed by atoms with Crippen LogP contribution in [0.4, 0.5) is 0 Å². The topological polar surface area (TPSA) is 68.5 Å². The lowest BCUT2D eigenvalue weighted by Gasteiger charge is -2.19. The van der Waals surface area contributed by atoms with Crippen LogP contribution in [0.3, 0.4) is 0 Å². The van der Waals surface area contributed by atoms with Crippen LogP contribution >= 0.6 is 0 Å². The molecule has 1 aromatic rings. The molecule has 2 heterocycles. The Hall–Kier alpha value is -1.62. The van der Waals surface area contributed by atoms with E-state index in [1.54, 1.807) is 10.6 Å². The van der Waals surface area contributed by atoms with Crippen molar-refractivity contribution in [3.05, 3.63) is 33.7 Å². The van der Waals surface area contributed by atoms with Crippen LogP contribution in [0, 0.1) is 0 Å². The van der Waals surface area contributed by atoms with Gasteiger partial charge in [0.05, 0.1) is 19.1 Å². The molecule has 5 heteroatoms. The highest BCUT2D eigenvalue weighted by Gasteiger charge is 2.20. The van der Waals surface area contributed by atoms with E-state index in [4.69, 9.17) is 9.84 Å². The van der Waals surface area contributed by atoms with E-state index >= 15 is 0 Å². The molecule has 1 N–H and O–H groups in total. The maximum atomic E-state index is 12.5. The zero-order valence-corrected chi connectivity index (χ0v) is 12.0. The maximum absolute atomic E-state index is 12.5. The van der Waals surface area contributed by atoms with Gasteiger partial charge in [-0.25, -0.2) is 0 Å². The van der Waals surface area contributed by atoms with Gasteiger partial charge in [0, 0.05) is 17.9 Å². The molecule has 1 saturated heterocycles. The van der Waals surface area contributed by atoms with Crippen LogP contribution in [-0.4, -0.2) is 28.4 Å². The van der Waals surface area contributed by atoms with Crippen LogP contribution in [0.5, 0.6) is 0 Å². The molecule has 1 fully saturated rings. The second-order valence-corrected chi connectivity index (χ2v) is 5.56. The molecular weight excluding hydrogens is 258 g/mol. The van der Waals surface area contributed by atoms with Crippen LogP contribution in [0.1, 0.15) is 43.9 Å². The van der Waals surface area contributed by atoms with E-state index in [1.807, 2.05) is 19.9 Å². The monoisotopic (exact) mass is 279 g/mol. The summed E-state index contributed by atoms with van der Waals surface area (Å²) in [5.41, 5.74) is 1.06. The summed E-state index contributed by atoms with van der Waals surface area (Å²) in [6.07, 6.45) is 1.80. The molecular formula is C15H21NO4.